The zero-order chi connectivity index (χ0) is 10.6. The zero-order valence-electron chi connectivity index (χ0n) is 8.22. The second-order valence-electron chi connectivity index (χ2n) is 2.90. The fourth-order valence-electron chi connectivity index (χ4n) is 1.20. The van der Waals surface area contributed by atoms with Gasteiger partial charge in [0, 0.05) is 8.95 Å². The van der Waals surface area contributed by atoms with Crippen LogP contribution in [0, 0.1) is 0 Å². The van der Waals surface area contributed by atoms with Crippen molar-refractivity contribution in [3.05, 3.63) is 44.4 Å². The van der Waals surface area contributed by atoms with Gasteiger partial charge in [-0.3, -0.25) is 0 Å². The maximum absolute atomic E-state index is 3.53. The fourth-order valence-corrected chi connectivity index (χ4v) is 2.46. The van der Waals surface area contributed by atoms with Gasteiger partial charge in [-0.05, 0) is 37.1 Å². The predicted octanol–water partition coefficient (Wildman–Crippen LogP) is 5.28. The molecule has 0 nitrogen and oxygen atoms in total. The highest BCUT2D eigenvalue weighted by atomic mass is 79.9. The Bertz CT molecular complexity index is 343. The summed E-state index contributed by atoms with van der Waals surface area (Å²) in [7, 11) is 0. The minimum absolute atomic E-state index is 1.11. The third kappa shape index (κ3) is 2.82. The van der Waals surface area contributed by atoms with Gasteiger partial charge in [0.2, 0.25) is 0 Å². The van der Waals surface area contributed by atoms with Gasteiger partial charge in [0.25, 0.3) is 0 Å². The standard InChI is InChI=1S/C12H12Br2/c1-3-5-9-7-10(6-4-2)12(14)8-11(9)13/h3-8H,1-2H3. The summed E-state index contributed by atoms with van der Waals surface area (Å²) in [6.07, 6.45) is 8.24. The quantitative estimate of drug-likeness (QED) is 0.696. The van der Waals surface area contributed by atoms with Crippen molar-refractivity contribution in [3.8, 4) is 0 Å². The third-order valence-corrected chi connectivity index (χ3v) is 3.18. The zero-order valence-corrected chi connectivity index (χ0v) is 11.4. The number of halogens is 2. The smallest absolute Gasteiger partial charge is 0.0259 e. The molecule has 0 aliphatic rings. The van der Waals surface area contributed by atoms with Crippen molar-refractivity contribution in [1.29, 1.82) is 0 Å². The van der Waals surface area contributed by atoms with E-state index in [1.807, 2.05) is 26.0 Å². The largest absolute Gasteiger partial charge is 0.0870 e. The molecule has 74 valence electrons. The van der Waals surface area contributed by atoms with Gasteiger partial charge < -0.3 is 0 Å². The summed E-state index contributed by atoms with van der Waals surface area (Å²) in [5.74, 6) is 0. The van der Waals surface area contributed by atoms with E-state index in [1.54, 1.807) is 0 Å². The third-order valence-electron chi connectivity index (χ3n) is 1.81. The number of allylic oxidation sites excluding steroid dienone is 2. The summed E-state index contributed by atoms with van der Waals surface area (Å²) in [5, 5.41) is 0. The van der Waals surface area contributed by atoms with Gasteiger partial charge in [-0.25, -0.2) is 0 Å². The summed E-state index contributed by atoms with van der Waals surface area (Å²) in [5.41, 5.74) is 2.40. The fraction of sp³-hybridized carbons (Fsp3) is 0.167. The first-order valence-electron chi connectivity index (χ1n) is 4.43. The monoisotopic (exact) mass is 314 g/mol. The lowest BCUT2D eigenvalue weighted by molar-refractivity contribution is 1.52. The topological polar surface area (TPSA) is 0 Å². The molecule has 1 aromatic rings. The second kappa shape index (κ2) is 5.52. The Morgan fingerprint density at radius 3 is 1.64 bits per heavy atom. The number of hydrogen-bond acceptors (Lipinski definition) is 0. The van der Waals surface area contributed by atoms with Crippen LogP contribution in [-0.2, 0) is 0 Å². The van der Waals surface area contributed by atoms with Crippen molar-refractivity contribution in [2.75, 3.05) is 0 Å². The van der Waals surface area contributed by atoms with Crippen molar-refractivity contribution in [3.63, 3.8) is 0 Å². The summed E-state index contributed by atoms with van der Waals surface area (Å²) < 4.78 is 2.21. The molecule has 0 unspecified atom stereocenters. The molecule has 0 saturated carbocycles. The van der Waals surface area contributed by atoms with E-state index < -0.39 is 0 Å². The van der Waals surface area contributed by atoms with Crippen molar-refractivity contribution < 1.29 is 0 Å². The van der Waals surface area contributed by atoms with Crippen LogP contribution in [0.5, 0.6) is 0 Å². The summed E-state index contributed by atoms with van der Waals surface area (Å²) in [4.78, 5) is 0. The first kappa shape index (κ1) is 11.7. The summed E-state index contributed by atoms with van der Waals surface area (Å²) in [6.45, 7) is 4.04. The maximum atomic E-state index is 3.53. The van der Waals surface area contributed by atoms with E-state index in [2.05, 4.69) is 56.1 Å². The van der Waals surface area contributed by atoms with Gasteiger partial charge in [-0.15, -0.1) is 0 Å². The van der Waals surface area contributed by atoms with E-state index in [9.17, 15) is 0 Å². The van der Waals surface area contributed by atoms with Crippen LogP contribution in [-0.4, -0.2) is 0 Å². The lowest BCUT2D eigenvalue weighted by Gasteiger charge is -2.04. The number of hydrogen-bond donors (Lipinski definition) is 0. The van der Waals surface area contributed by atoms with Crippen LogP contribution in [0.4, 0.5) is 0 Å². The average Bonchev–Trinajstić information content (AvgIpc) is 2.14. The van der Waals surface area contributed by atoms with Crippen molar-refractivity contribution in [1.82, 2.24) is 0 Å². The normalized spacial score (nSPS) is 11.7. The van der Waals surface area contributed by atoms with Gasteiger partial charge in [0.05, 0.1) is 0 Å². The van der Waals surface area contributed by atoms with Gasteiger partial charge in [0.15, 0.2) is 0 Å². The molecule has 0 aliphatic carbocycles. The molecule has 0 aliphatic heterocycles. The molecule has 0 atom stereocenters. The Kier molecular flexibility index (Phi) is 4.63. The van der Waals surface area contributed by atoms with E-state index in [-0.39, 0.29) is 0 Å². The van der Waals surface area contributed by atoms with Crippen LogP contribution in [0.2, 0.25) is 0 Å². The molecule has 1 rings (SSSR count). The molecule has 0 N–H and O–H groups in total. The van der Waals surface area contributed by atoms with Gasteiger partial charge >= 0.3 is 0 Å². The van der Waals surface area contributed by atoms with Crippen LogP contribution >= 0.6 is 31.9 Å². The molecule has 0 radical (unpaired) electrons. The minimum Gasteiger partial charge on any atom is -0.0870 e. The minimum atomic E-state index is 1.11. The molecule has 0 saturated heterocycles. The van der Waals surface area contributed by atoms with Crippen molar-refractivity contribution in [2.45, 2.75) is 13.8 Å². The lowest BCUT2D eigenvalue weighted by Crippen LogP contribution is -1.81. The van der Waals surface area contributed by atoms with E-state index in [0.29, 0.717) is 0 Å². The molecule has 0 aromatic heterocycles. The predicted molar refractivity (Wildman–Crippen MR) is 71.3 cm³/mol. The van der Waals surface area contributed by atoms with E-state index in [1.165, 1.54) is 11.1 Å². The Labute approximate surface area is 102 Å². The van der Waals surface area contributed by atoms with Gasteiger partial charge in [-0.1, -0.05) is 56.2 Å². The highest BCUT2D eigenvalue weighted by Gasteiger charge is 2.01. The van der Waals surface area contributed by atoms with Crippen LogP contribution in [0.1, 0.15) is 25.0 Å². The number of benzene rings is 1. The Morgan fingerprint density at radius 2 is 1.29 bits per heavy atom. The van der Waals surface area contributed by atoms with Crippen molar-refractivity contribution >= 4 is 44.0 Å². The van der Waals surface area contributed by atoms with E-state index >= 15 is 0 Å². The highest BCUT2D eigenvalue weighted by Crippen LogP contribution is 2.27. The van der Waals surface area contributed by atoms with Gasteiger partial charge in [-0.2, -0.15) is 0 Å². The molecule has 0 fully saturated rings. The summed E-state index contributed by atoms with van der Waals surface area (Å²) in [6, 6.07) is 4.22. The average molecular weight is 316 g/mol. The molecular weight excluding hydrogens is 304 g/mol. The summed E-state index contributed by atoms with van der Waals surface area (Å²) >= 11 is 7.06. The molecule has 14 heavy (non-hydrogen) atoms. The molecule has 0 heterocycles. The molecule has 1 aromatic carbocycles. The van der Waals surface area contributed by atoms with Crippen LogP contribution in [0.3, 0.4) is 0 Å². The molecule has 0 amide bonds. The second-order valence-corrected chi connectivity index (χ2v) is 4.60. The Balaban J connectivity index is 3.26. The Hall–Kier alpha value is -0.340. The molecule has 0 spiro atoms. The van der Waals surface area contributed by atoms with E-state index in [4.69, 9.17) is 0 Å². The van der Waals surface area contributed by atoms with E-state index in [0.717, 1.165) is 8.95 Å². The molecule has 2 heteroatoms. The molecular formula is C12H12Br2. The van der Waals surface area contributed by atoms with Crippen molar-refractivity contribution in [2.24, 2.45) is 0 Å². The van der Waals surface area contributed by atoms with Crippen LogP contribution < -0.4 is 0 Å². The number of rotatable bonds is 2. The van der Waals surface area contributed by atoms with Crippen LogP contribution in [0.15, 0.2) is 33.2 Å². The van der Waals surface area contributed by atoms with Crippen LogP contribution in [0.25, 0.3) is 12.2 Å². The maximum Gasteiger partial charge on any atom is 0.0259 e. The SMILES string of the molecule is CC=Cc1cc(C=CC)c(Br)cc1Br. The Morgan fingerprint density at radius 1 is 0.857 bits per heavy atom. The molecule has 0 bridgehead atoms. The highest BCUT2D eigenvalue weighted by molar-refractivity contribution is 9.11. The van der Waals surface area contributed by atoms with Gasteiger partial charge in [0.1, 0.15) is 0 Å². The first-order chi connectivity index (χ1) is 6.69. The first-order valence-corrected chi connectivity index (χ1v) is 6.02. The lowest BCUT2D eigenvalue weighted by atomic mass is 10.1.